The summed E-state index contributed by atoms with van der Waals surface area (Å²) in [6.45, 7) is 7.96. The number of fused-ring (bicyclic) bond motifs is 6. The number of aromatic amines is 2. The molecule has 2 atom stereocenters. The molecule has 9 rings (SSSR count). The normalized spacial score (nSPS) is 14.8. The minimum Gasteiger partial charge on any atom is -0.497 e. The predicted octanol–water partition coefficient (Wildman–Crippen LogP) is 12.2. The average molecular weight is 1110 g/mol. The molecule has 2 aliphatic rings. The monoisotopic (exact) mass is 1110 g/mol. The van der Waals surface area contributed by atoms with Crippen LogP contribution < -0.4 is 26.0 Å². The van der Waals surface area contributed by atoms with Crippen LogP contribution in [0, 0.1) is 0 Å². The summed E-state index contributed by atoms with van der Waals surface area (Å²) < 4.78 is 16.8. The van der Waals surface area contributed by atoms with Crippen molar-refractivity contribution < 1.29 is 34.1 Å². The summed E-state index contributed by atoms with van der Waals surface area (Å²) in [4.78, 5) is 22.4. The fourth-order valence-electron chi connectivity index (χ4n) is 8.28. The van der Waals surface area contributed by atoms with Gasteiger partial charge in [-0.15, -0.1) is 12.4 Å². The molecule has 0 bridgehead atoms. The van der Waals surface area contributed by atoms with E-state index in [2.05, 4.69) is 111 Å². The molecule has 0 fully saturated rings. The molecule has 2 aromatic heterocycles. The topological polar surface area (TPSA) is 176 Å². The van der Waals surface area contributed by atoms with Crippen molar-refractivity contribution in [1.29, 1.82) is 0 Å². The van der Waals surface area contributed by atoms with Gasteiger partial charge < -0.3 is 50.3 Å². The Morgan fingerprint density at radius 2 is 1.20 bits per heavy atom. The minimum absolute atomic E-state index is 0. The van der Waals surface area contributed by atoms with Gasteiger partial charge in [-0.2, -0.15) is 0 Å². The Labute approximate surface area is 436 Å². The number of aryl methyl sites for hydroxylation is 2. The molecule has 70 heavy (non-hydrogen) atoms. The first-order valence-electron chi connectivity index (χ1n) is 23.1. The Balaban J connectivity index is 0.000000208. The first-order chi connectivity index (χ1) is 32.9. The average Bonchev–Trinajstić information content (AvgIpc) is 3.92. The Kier molecular flexibility index (Phi) is 22.5. The van der Waals surface area contributed by atoms with Gasteiger partial charge in [0.2, 0.25) is 0 Å². The second kappa shape index (κ2) is 27.2. The fourth-order valence-corrected chi connectivity index (χ4v) is 9.01. The van der Waals surface area contributed by atoms with Crippen LogP contribution in [-0.2, 0) is 40.2 Å². The highest BCUT2D eigenvalue weighted by Gasteiger charge is 2.25. The van der Waals surface area contributed by atoms with Crippen molar-refractivity contribution in [2.75, 3.05) is 35.5 Å². The molecule has 5 aromatic carbocycles. The van der Waals surface area contributed by atoms with Crippen molar-refractivity contribution in [3.8, 4) is 11.5 Å². The summed E-state index contributed by atoms with van der Waals surface area (Å²) in [6, 6.07) is 35.8. The summed E-state index contributed by atoms with van der Waals surface area (Å²) >= 11 is 7.11. The zero-order valence-electron chi connectivity index (χ0n) is 41.7. The van der Waals surface area contributed by atoms with Gasteiger partial charge in [-0.1, -0.05) is 74.3 Å². The van der Waals surface area contributed by atoms with E-state index in [1.54, 1.807) is 66.5 Å². The molecule has 8 N–H and O–H groups in total. The summed E-state index contributed by atoms with van der Waals surface area (Å²) in [5.41, 5.74) is 18.3. The zero-order chi connectivity index (χ0) is 50.3. The lowest BCUT2D eigenvalue weighted by atomic mass is 9.91. The number of benzene rings is 5. The SMILES string of the molecule is CC(C)(O)c1cccc(CN[C@@H]2CCCc3c2[nH]c2ccc(Br)cc32)c1.CNOC.COC(=O)c1cccc(OC)c1.COc1cccc(C(C)(C)O)c1.Cl.N[C@@H]1CCCc2c1[nH]c1ccc(Br)cc21. The van der Waals surface area contributed by atoms with E-state index >= 15 is 0 Å². The third kappa shape index (κ3) is 16.1. The highest BCUT2D eigenvalue weighted by atomic mass is 79.9. The van der Waals surface area contributed by atoms with Crippen LogP contribution in [0.5, 0.6) is 11.5 Å². The van der Waals surface area contributed by atoms with Crippen molar-refractivity contribution in [2.24, 2.45) is 5.73 Å². The van der Waals surface area contributed by atoms with Crippen LogP contribution in [0.3, 0.4) is 0 Å². The van der Waals surface area contributed by atoms with Crippen LogP contribution in [0.25, 0.3) is 21.8 Å². The van der Waals surface area contributed by atoms with Crippen LogP contribution in [-0.4, -0.2) is 61.6 Å². The summed E-state index contributed by atoms with van der Waals surface area (Å²) in [5.74, 6) is 1.07. The summed E-state index contributed by atoms with van der Waals surface area (Å²) in [7, 11) is 7.79. The zero-order valence-corrected chi connectivity index (χ0v) is 45.7. The largest absolute Gasteiger partial charge is 0.497 e. The maximum Gasteiger partial charge on any atom is 0.337 e. The molecule has 7 aromatic rings. The van der Waals surface area contributed by atoms with Gasteiger partial charge in [-0.3, -0.25) is 0 Å². The molecule has 378 valence electrons. The molecule has 12 nitrogen and oxygen atoms in total. The van der Waals surface area contributed by atoms with Gasteiger partial charge in [0.1, 0.15) is 11.5 Å². The number of hydroxylamine groups is 1. The first kappa shape index (κ1) is 57.8. The molecular formula is C55H70Br2ClN5O7. The molecule has 0 radical (unpaired) electrons. The lowest BCUT2D eigenvalue weighted by molar-refractivity contribution is 0.0599. The molecular weight excluding hydrogens is 1040 g/mol. The van der Waals surface area contributed by atoms with Gasteiger partial charge >= 0.3 is 5.97 Å². The standard InChI is InChI=1S/C22H25BrN2O.C12H13BrN2.C10H14O2.C9H10O3.C2H7NO.ClH/c1-22(2,26)15-6-3-5-14(11-15)13-24-20-8-4-7-17-18-12-16(23)9-10-19(18)25-21(17)20;13-7-4-5-11-9(6-7)8-2-1-3-10(14)12(8)15-11;1-10(2,11)8-5-4-6-9(7-8)12-3;1-11-8-5-3-4-7(6-8)9(10)12-2;1-3-4-2;/h3,5-6,9-12,20,24-26H,4,7-8,13H2,1-2H3;4-6,10,15H,1-3,14H2;4-7,11H,1-3H3;3-6H,1-2H3;3H,1-2H3;1H/t20-;10-;;;;/m11..../s1. The molecule has 15 heteroatoms. The highest BCUT2D eigenvalue weighted by molar-refractivity contribution is 9.10. The van der Waals surface area contributed by atoms with Crippen LogP contribution in [0.2, 0.25) is 0 Å². The number of esters is 1. The van der Waals surface area contributed by atoms with Crippen molar-refractivity contribution >= 4 is 72.0 Å². The molecule has 0 amide bonds. The van der Waals surface area contributed by atoms with E-state index < -0.39 is 11.2 Å². The third-order valence-electron chi connectivity index (χ3n) is 12.0. The lowest BCUT2D eigenvalue weighted by Crippen LogP contribution is -2.25. The Bertz CT molecular complexity index is 2750. The summed E-state index contributed by atoms with van der Waals surface area (Å²) in [5, 5.41) is 26.3. The number of carbonyl (C=O) groups is 1. The van der Waals surface area contributed by atoms with E-state index in [0.717, 1.165) is 58.0 Å². The number of methoxy groups -OCH3 is 3. The predicted molar refractivity (Wildman–Crippen MR) is 292 cm³/mol. The Morgan fingerprint density at radius 3 is 1.74 bits per heavy atom. The van der Waals surface area contributed by atoms with E-state index in [1.165, 1.54) is 69.8 Å². The van der Waals surface area contributed by atoms with Crippen molar-refractivity contribution in [3.63, 3.8) is 0 Å². The van der Waals surface area contributed by atoms with Crippen LogP contribution in [0.1, 0.15) is 115 Å². The number of rotatable bonds is 9. The van der Waals surface area contributed by atoms with Crippen LogP contribution >= 0.6 is 44.3 Å². The van der Waals surface area contributed by atoms with Crippen molar-refractivity contribution in [3.05, 3.63) is 163 Å². The minimum atomic E-state index is -0.807. The molecule has 0 saturated carbocycles. The van der Waals surface area contributed by atoms with E-state index in [1.807, 2.05) is 50.2 Å². The van der Waals surface area contributed by atoms with E-state index in [-0.39, 0.29) is 24.4 Å². The van der Waals surface area contributed by atoms with E-state index in [0.29, 0.717) is 17.4 Å². The maximum absolute atomic E-state index is 11.0. The Hall–Kier alpha value is -4.74. The highest BCUT2D eigenvalue weighted by Crippen LogP contribution is 2.37. The lowest BCUT2D eigenvalue weighted by Gasteiger charge is -2.24. The molecule has 0 saturated heterocycles. The number of aromatic nitrogens is 2. The number of carbonyl (C=O) groups excluding carboxylic acids is 1. The molecule has 0 unspecified atom stereocenters. The first-order valence-corrected chi connectivity index (χ1v) is 24.7. The van der Waals surface area contributed by atoms with Gasteiger partial charge in [0.05, 0.1) is 45.2 Å². The molecule has 2 heterocycles. The molecule has 2 aliphatic carbocycles. The fraction of sp³-hybridized carbons (Fsp3) is 0.364. The van der Waals surface area contributed by atoms with Gasteiger partial charge in [0.15, 0.2) is 0 Å². The number of aliphatic hydroxyl groups is 2. The van der Waals surface area contributed by atoms with Crippen LogP contribution in [0.15, 0.2) is 118 Å². The van der Waals surface area contributed by atoms with E-state index in [9.17, 15) is 15.0 Å². The number of nitrogens with one attached hydrogen (secondary N) is 4. The van der Waals surface area contributed by atoms with Crippen molar-refractivity contribution in [2.45, 2.75) is 96.1 Å². The van der Waals surface area contributed by atoms with Gasteiger partial charge in [-0.25, -0.2) is 10.3 Å². The van der Waals surface area contributed by atoms with Gasteiger partial charge in [0, 0.05) is 67.8 Å². The number of ether oxygens (including phenoxy) is 3. The van der Waals surface area contributed by atoms with Gasteiger partial charge in [-0.05, 0) is 161 Å². The number of hydrogen-bond acceptors (Lipinski definition) is 10. The Morgan fingerprint density at radius 1 is 0.700 bits per heavy atom. The van der Waals surface area contributed by atoms with Crippen LogP contribution in [0.4, 0.5) is 0 Å². The third-order valence-corrected chi connectivity index (χ3v) is 13.0. The number of H-pyrrole nitrogens is 2. The maximum atomic E-state index is 11.0. The number of nitrogens with two attached hydrogens (primary N) is 1. The molecule has 0 aliphatic heterocycles. The second-order valence-electron chi connectivity index (χ2n) is 17.9. The number of hydrogen-bond donors (Lipinski definition) is 7. The smallest absolute Gasteiger partial charge is 0.337 e. The van der Waals surface area contributed by atoms with E-state index in [4.69, 9.17) is 15.2 Å². The summed E-state index contributed by atoms with van der Waals surface area (Å²) in [6.07, 6.45) is 6.94. The van der Waals surface area contributed by atoms with Crippen molar-refractivity contribution in [1.82, 2.24) is 20.8 Å². The number of halogens is 3. The molecule has 0 spiro atoms. The second-order valence-corrected chi connectivity index (χ2v) is 19.8. The quantitative estimate of drug-likeness (QED) is 0.0544. The van der Waals surface area contributed by atoms with Gasteiger partial charge in [0.25, 0.3) is 0 Å².